The monoisotopic (exact) mass is 446 g/mol. The number of methoxy groups -OCH3 is 1. The van der Waals surface area contributed by atoms with E-state index < -0.39 is 0 Å². The van der Waals surface area contributed by atoms with Crippen LogP contribution in [0.25, 0.3) is 0 Å². The third-order valence-electron chi connectivity index (χ3n) is 6.46. The zero-order valence-electron chi connectivity index (χ0n) is 18.8. The second kappa shape index (κ2) is 8.31. The first-order valence-electron chi connectivity index (χ1n) is 11.1. The average molecular weight is 447 g/mol. The number of nitrogens with one attached hydrogen (secondary N) is 1. The van der Waals surface area contributed by atoms with Crippen LogP contribution in [-0.4, -0.2) is 29.8 Å². The maximum atomic E-state index is 13.7. The number of carbonyl (C=O) groups excluding carboxylic acids is 1. The van der Waals surface area contributed by atoms with Crippen molar-refractivity contribution in [3.05, 3.63) is 76.1 Å². The molecule has 0 saturated heterocycles. The SMILES string of the molecule is CCOc1ccccc1C1C2=C(CC(c3ccc(O)c(OC)c3)CC2=O)Nc2onc(C)c21. The summed E-state index contributed by atoms with van der Waals surface area (Å²) in [6.07, 6.45) is 0.989. The van der Waals surface area contributed by atoms with E-state index in [-0.39, 0.29) is 23.4 Å². The van der Waals surface area contributed by atoms with Crippen LogP contribution in [0.5, 0.6) is 17.2 Å². The first kappa shape index (κ1) is 21.1. The number of ketones is 1. The molecule has 2 aliphatic rings. The van der Waals surface area contributed by atoms with Gasteiger partial charge in [0.15, 0.2) is 17.3 Å². The molecule has 0 amide bonds. The average Bonchev–Trinajstić information content (AvgIpc) is 3.19. The first-order valence-corrected chi connectivity index (χ1v) is 11.1. The molecule has 5 rings (SSSR count). The summed E-state index contributed by atoms with van der Waals surface area (Å²) < 4.78 is 16.8. The highest BCUT2D eigenvalue weighted by Crippen LogP contribution is 2.51. The summed E-state index contributed by atoms with van der Waals surface area (Å²) in [7, 11) is 1.52. The van der Waals surface area contributed by atoms with Crippen LogP contribution >= 0.6 is 0 Å². The molecule has 1 aromatic heterocycles. The van der Waals surface area contributed by atoms with Gasteiger partial charge in [-0.2, -0.15) is 0 Å². The quantitative estimate of drug-likeness (QED) is 0.566. The zero-order chi connectivity index (χ0) is 23.1. The molecule has 0 saturated carbocycles. The highest BCUT2D eigenvalue weighted by Gasteiger charge is 2.42. The molecule has 0 bridgehead atoms. The third kappa shape index (κ3) is 3.53. The fourth-order valence-corrected chi connectivity index (χ4v) is 4.97. The van der Waals surface area contributed by atoms with Gasteiger partial charge in [-0.15, -0.1) is 0 Å². The van der Waals surface area contributed by atoms with Gasteiger partial charge in [-0.1, -0.05) is 29.4 Å². The van der Waals surface area contributed by atoms with Crippen LogP contribution in [0.2, 0.25) is 0 Å². The minimum absolute atomic E-state index is 0.0494. The summed E-state index contributed by atoms with van der Waals surface area (Å²) in [5, 5.41) is 17.5. The normalized spacial score (nSPS) is 19.5. The van der Waals surface area contributed by atoms with Crippen molar-refractivity contribution in [3.8, 4) is 17.2 Å². The molecule has 1 aliphatic carbocycles. The van der Waals surface area contributed by atoms with Gasteiger partial charge in [0.1, 0.15) is 5.75 Å². The molecule has 0 fully saturated rings. The molecule has 2 heterocycles. The van der Waals surface area contributed by atoms with Crippen LogP contribution in [0.3, 0.4) is 0 Å². The number of carbonyl (C=O) groups is 1. The van der Waals surface area contributed by atoms with Crippen molar-refractivity contribution in [1.82, 2.24) is 5.16 Å². The Hall–Kier alpha value is -3.74. The second-order valence-electron chi connectivity index (χ2n) is 8.39. The summed E-state index contributed by atoms with van der Waals surface area (Å²) in [4.78, 5) is 13.7. The lowest BCUT2D eigenvalue weighted by molar-refractivity contribution is -0.116. The molecule has 7 heteroatoms. The molecule has 0 spiro atoms. The van der Waals surface area contributed by atoms with Gasteiger partial charge in [-0.3, -0.25) is 4.79 Å². The number of hydrogen-bond donors (Lipinski definition) is 2. The number of anilines is 1. The van der Waals surface area contributed by atoms with E-state index in [2.05, 4.69) is 10.5 Å². The number of ether oxygens (including phenoxy) is 2. The Labute approximate surface area is 192 Å². The molecule has 2 N–H and O–H groups in total. The Morgan fingerprint density at radius 1 is 1.18 bits per heavy atom. The van der Waals surface area contributed by atoms with Crippen molar-refractivity contribution in [3.63, 3.8) is 0 Å². The molecule has 33 heavy (non-hydrogen) atoms. The van der Waals surface area contributed by atoms with Crippen LogP contribution in [0.4, 0.5) is 5.88 Å². The molecular formula is C26H26N2O5. The van der Waals surface area contributed by atoms with E-state index in [1.165, 1.54) is 7.11 Å². The largest absolute Gasteiger partial charge is 0.504 e. The molecule has 3 aromatic rings. The van der Waals surface area contributed by atoms with Gasteiger partial charge in [-0.25, -0.2) is 0 Å². The van der Waals surface area contributed by atoms with Crippen LogP contribution < -0.4 is 14.8 Å². The minimum Gasteiger partial charge on any atom is -0.504 e. The molecule has 170 valence electrons. The van der Waals surface area contributed by atoms with E-state index in [0.717, 1.165) is 39.4 Å². The van der Waals surface area contributed by atoms with Crippen LogP contribution in [0.15, 0.2) is 58.3 Å². The van der Waals surface area contributed by atoms with E-state index in [4.69, 9.17) is 14.0 Å². The fraction of sp³-hybridized carbons (Fsp3) is 0.308. The standard InChI is InChI=1S/C26H26N2O5/c1-4-32-21-8-6-5-7-17(21)24-23-14(2)28-33-26(23)27-18-11-16(12-20(30)25(18)24)15-9-10-19(29)22(13-15)31-3/h5-10,13,16,24,27,29H,4,11-12H2,1-3H3. The predicted molar refractivity (Wildman–Crippen MR) is 123 cm³/mol. The zero-order valence-corrected chi connectivity index (χ0v) is 18.8. The van der Waals surface area contributed by atoms with E-state index in [1.54, 1.807) is 12.1 Å². The van der Waals surface area contributed by atoms with Gasteiger partial charge in [-0.05, 0) is 49.9 Å². The number of hydrogen-bond acceptors (Lipinski definition) is 7. The summed E-state index contributed by atoms with van der Waals surface area (Å²) in [6.45, 7) is 4.37. The number of aromatic nitrogens is 1. The summed E-state index contributed by atoms with van der Waals surface area (Å²) >= 11 is 0. The minimum atomic E-state index is -0.312. The van der Waals surface area contributed by atoms with E-state index in [1.807, 2.05) is 44.2 Å². The van der Waals surface area contributed by atoms with Crippen molar-refractivity contribution < 1.29 is 23.9 Å². The Morgan fingerprint density at radius 2 is 2.00 bits per heavy atom. The first-order chi connectivity index (χ1) is 16.0. The van der Waals surface area contributed by atoms with Gasteiger partial charge in [0.2, 0.25) is 5.88 Å². The van der Waals surface area contributed by atoms with Gasteiger partial charge >= 0.3 is 0 Å². The number of fused-ring (bicyclic) bond motifs is 1. The van der Waals surface area contributed by atoms with Gasteiger partial charge < -0.3 is 24.4 Å². The van der Waals surface area contributed by atoms with Crippen molar-refractivity contribution in [2.24, 2.45) is 0 Å². The number of Topliss-reactive ketones (excluding diaryl/α,β-unsaturated/α-hetero) is 1. The Bertz CT molecular complexity index is 1260. The maximum Gasteiger partial charge on any atom is 0.233 e. The van der Waals surface area contributed by atoms with Crippen molar-refractivity contribution >= 4 is 11.7 Å². The van der Waals surface area contributed by atoms with Crippen molar-refractivity contribution in [2.45, 2.75) is 38.5 Å². The van der Waals surface area contributed by atoms with Gasteiger partial charge in [0.25, 0.3) is 0 Å². The number of benzene rings is 2. The number of aromatic hydroxyl groups is 1. The van der Waals surface area contributed by atoms with Crippen molar-refractivity contribution in [1.29, 1.82) is 0 Å². The van der Waals surface area contributed by atoms with Crippen molar-refractivity contribution in [2.75, 3.05) is 19.0 Å². The molecular weight excluding hydrogens is 420 g/mol. The Morgan fingerprint density at radius 3 is 2.79 bits per heavy atom. The van der Waals surface area contributed by atoms with Gasteiger partial charge in [0.05, 0.1) is 30.9 Å². The van der Waals surface area contributed by atoms with Crippen LogP contribution in [-0.2, 0) is 4.79 Å². The van der Waals surface area contributed by atoms with E-state index in [9.17, 15) is 9.90 Å². The van der Waals surface area contributed by atoms with E-state index >= 15 is 0 Å². The number of nitrogens with zero attached hydrogens (tertiary/aromatic N) is 1. The number of allylic oxidation sites excluding steroid dienone is 2. The summed E-state index contributed by atoms with van der Waals surface area (Å²) in [5.74, 6) is 1.51. The number of para-hydroxylation sites is 1. The molecule has 0 radical (unpaired) electrons. The van der Waals surface area contributed by atoms with Gasteiger partial charge in [0, 0.05) is 23.3 Å². The number of aryl methyl sites for hydroxylation is 1. The topological polar surface area (TPSA) is 93.8 Å². The summed E-state index contributed by atoms with van der Waals surface area (Å²) in [5.41, 5.74) is 5.07. The molecule has 2 atom stereocenters. The van der Waals surface area contributed by atoms with Crippen LogP contribution in [0.1, 0.15) is 54.0 Å². The van der Waals surface area contributed by atoms with E-state index in [0.29, 0.717) is 31.1 Å². The highest BCUT2D eigenvalue weighted by molar-refractivity contribution is 6.01. The predicted octanol–water partition coefficient (Wildman–Crippen LogP) is 5.05. The molecule has 1 aliphatic heterocycles. The smallest absolute Gasteiger partial charge is 0.233 e. The second-order valence-corrected chi connectivity index (χ2v) is 8.39. The third-order valence-corrected chi connectivity index (χ3v) is 6.46. The van der Waals surface area contributed by atoms with Crippen LogP contribution in [0, 0.1) is 6.92 Å². The summed E-state index contributed by atoms with van der Waals surface area (Å²) in [6, 6.07) is 13.1. The Kier molecular flexibility index (Phi) is 5.32. The molecule has 7 nitrogen and oxygen atoms in total. The molecule has 2 unspecified atom stereocenters. The fourth-order valence-electron chi connectivity index (χ4n) is 4.97. The number of rotatable bonds is 5. The number of phenolic OH excluding ortho intramolecular Hbond substituents is 1. The maximum absolute atomic E-state index is 13.7. The lowest BCUT2D eigenvalue weighted by atomic mass is 9.72. The lowest BCUT2D eigenvalue weighted by Gasteiger charge is -2.35. The highest BCUT2D eigenvalue weighted by atomic mass is 16.5. The molecule has 2 aromatic carbocycles. The number of phenols is 1. The Balaban J connectivity index is 1.61. The lowest BCUT2D eigenvalue weighted by Crippen LogP contribution is -2.29.